The van der Waals surface area contributed by atoms with Crippen LogP contribution in [0.25, 0.3) is 0 Å². The van der Waals surface area contributed by atoms with Crippen LogP contribution in [0.2, 0.25) is 0 Å². The van der Waals surface area contributed by atoms with E-state index in [1.165, 1.54) is 5.56 Å². The second-order valence-corrected chi connectivity index (χ2v) is 6.55. The van der Waals surface area contributed by atoms with Gasteiger partial charge in [-0.15, -0.1) is 0 Å². The summed E-state index contributed by atoms with van der Waals surface area (Å²) in [6, 6.07) is 18.7. The first-order chi connectivity index (χ1) is 11.7. The highest BCUT2D eigenvalue weighted by Gasteiger charge is 2.34. The monoisotopic (exact) mass is 317 g/mol. The summed E-state index contributed by atoms with van der Waals surface area (Å²) in [4.78, 5) is 5.78. The number of oxime groups is 1. The van der Waals surface area contributed by atoms with E-state index in [-0.39, 0.29) is 5.60 Å². The second-order valence-electron chi connectivity index (χ2n) is 6.55. The second kappa shape index (κ2) is 7.36. The molecule has 1 unspecified atom stereocenters. The maximum absolute atomic E-state index is 5.78. The van der Waals surface area contributed by atoms with E-state index in [0.29, 0.717) is 0 Å². The Morgan fingerprint density at radius 2 is 1.83 bits per heavy atom. The highest BCUT2D eigenvalue weighted by Crippen LogP contribution is 2.30. The zero-order chi connectivity index (χ0) is 16.8. The molecule has 2 aromatic rings. The molecule has 0 aromatic heterocycles. The molecule has 2 aromatic carbocycles. The fraction of sp³-hybridized carbons (Fsp3) is 0.318. The molecule has 24 heavy (non-hydrogen) atoms. The summed E-state index contributed by atoms with van der Waals surface area (Å²) in [5, 5.41) is 4.34. The largest absolute Gasteiger partial charge is 0.388 e. The van der Waals surface area contributed by atoms with Gasteiger partial charge in [-0.05, 0) is 36.6 Å². The Bertz CT molecular complexity index is 765. The van der Waals surface area contributed by atoms with E-state index in [0.717, 1.165) is 42.5 Å². The number of nitrogens with zero attached hydrogens (tertiary/aromatic N) is 1. The SMILES string of the molecule is CCCC#Cc1ccc(C2=NOC(C)(Cc3ccccc3)C2)cc1. The van der Waals surface area contributed by atoms with E-state index in [1.54, 1.807) is 0 Å². The Morgan fingerprint density at radius 1 is 1.08 bits per heavy atom. The first-order valence-corrected chi connectivity index (χ1v) is 8.57. The van der Waals surface area contributed by atoms with Gasteiger partial charge in [-0.2, -0.15) is 0 Å². The van der Waals surface area contributed by atoms with Gasteiger partial charge in [-0.25, -0.2) is 0 Å². The van der Waals surface area contributed by atoms with Crippen molar-refractivity contribution < 1.29 is 4.84 Å². The molecule has 0 amide bonds. The van der Waals surface area contributed by atoms with Crippen LogP contribution in [-0.2, 0) is 11.3 Å². The lowest BCUT2D eigenvalue weighted by Crippen LogP contribution is -2.27. The smallest absolute Gasteiger partial charge is 0.144 e. The van der Waals surface area contributed by atoms with Crippen LogP contribution >= 0.6 is 0 Å². The molecule has 0 fully saturated rings. The first kappa shape index (κ1) is 16.3. The zero-order valence-electron chi connectivity index (χ0n) is 14.4. The lowest BCUT2D eigenvalue weighted by Gasteiger charge is -2.21. The van der Waals surface area contributed by atoms with Crippen molar-refractivity contribution >= 4 is 5.71 Å². The Balaban J connectivity index is 1.66. The molecular formula is C22H23NO. The third-order valence-corrected chi connectivity index (χ3v) is 4.16. The van der Waals surface area contributed by atoms with Crippen molar-refractivity contribution in [3.8, 4) is 11.8 Å². The Kier molecular flexibility index (Phi) is 5.01. The molecule has 0 N–H and O–H groups in total. The molecule has 0 saturated carbocycles. The van der Waals surface area contributed by atoms with Gasteiger partial charge < -0.3 is 4.84 Å². The van der Waals surface area contributed by atoms with Gasteiger partial charge in [0.2, 0.25) is 0 Å². The maximum Gasteiger partial charge on any atom is 0.144 e. The molecule has 0 saturated heterocycles. The fourth-order valence-corrected chi connectivity index (χ4v) is 2.90. The van der Waals surface area contributed by atoms with Gasteiger partial charge >= 0.3 is 0 Å². The van der Waals surface area contributed by atoms with Crippen molar-refractivity contribution in [1.82, 2.24) is 0 Å². The number of hydrogen-bond donors (Lipinski definition) is 0. The number of benzene rings is 2. The molecule has 2 nitrogen and oxygen atoms in total. The maximum atomic E-state index is 5.78. The molecule has 1 aliphatic heterocycles. The van der Waals surface area contributed by atoms with Gasteiger partial charge in [0, 0.05) is 24.8 Å². The minimum absolute atomic E-state index is 0.268. The van der Waals surface area contributed by atoms with E-state index >= 15 is 0 Å². The summed E-state index contributed by atoms with van der Waals surface area (Å²) >= 11 is 0. The lowest BCUT2D eigenvalue weighted by molar-refractivity contribution is -0.00282. The third-order valence-electron chi connectivity index (χ3n) is 4.16. The number of hydrogen-bond acceptors (Lipinski definition) is 2. The van der Waals surface area contributed by atoms with Gasteiger partial charge in [0.15, 0.2) is 0 Å². The lowest BCUT2D eigenvalue weighted by atomic mass is 9.90. The standard InChI is InChI=1S/C22H23NO/c1-3-4-6-9-18-12-14-20(15-13-18)21-17-22(2,24-23-21)16-19-10-7-5-8-11-19/h5,7-8,10-15H,3-4,16-17H2,1-2H3. The minimum atomic E-state index is -0.268. The van der Waals surface area contributed by atoms with E-state index in [4.69, 9.17) is 4.84 Å². The van der Waals surface area contributed by atoms with E-state index in [9.17, 15) is 0 Å². The first-order valence-electron chi connectivity index (χ1n) is 8.57. The van der Waals surface area contributed by atoms with Crippen LogP contribution < -0.4 is 0 Å². The molecule has 1 atom stereocenters. The van der Waals surface area contributed by atoms with Gasteiger partial charge in [0.25, 0.3) is 0 Å². The highest BCUT2D eigenvalue weighted by atomic mass is 16.7. The van der Waals surface area contributed by atoms with Crippen molar-refractivity contribution in [2.24, 2.45) is 5.16 Å². The van der Waals surface area contributed by atoms with Crippen molar-refractivity contribution in [1.29, 1.82) is 0 Å². The van der Waals surface area contributed by atoms with Gasteiger partial charge in [0.1, 0.15) is 5.60 Å². The third kappa shape index (κ3) is 4.06. The number of rotatable bonds is 4. The Labute approximate surface area is 144 Å². The van der Waals surface area contributed by atoms with E-state index < -0.39 is 0 Å². The molecule has 2 heteroatoms. The van der Waals surface area contributed by atoms with E-state index in [2.05, 4.69) is 79.4 Å². The summed E-state index contributed by atoms with van der Waals surface area (Å²) in [6.07, 6.45) is 3.73. The summed E-state index contributed by atoms with van der Waals surface area (Å²) in [5.74, 6) is 6.37. The fourth-order valence-electron chi connectivity index (χ4n) is 2.90. The molecule has 3 rings (SSSR count). The summed E-state index contributed by atoms with van der Waals surface area (Å²) < 4.78 is 0. The predicted octanol–water partition coefficient (Wildman–Crippen LogP) is 4.96. The zero-order valence-corrected chi connectivity index (χ0v) is 14.4. The molecule has 0 spiro atoms. The van der Waals surface area contributed by atoms with Crippen molar-refractivity contribution in [3.05, 3.63) is 71.3 Å². The molecular weight excluding hydrogens is 294 g/mol. The van der Waals surface area contributed by atoms with Gasteiger partial charge in [-0.1, -0.05) is 66.4 Å². The quantitative estimate of drug-likeness (QED) is 0.730. The van der Waals surface area contributed by atoms with Crippen LogP contribution in [0.15, 0.2) is 59.8 Å². The van der Waals surface area contributed by atoms with Crippen molar-refractivity contribution in [3.63, 3.8) is 0 Å². The molecule has 122 valence electrons. The van der Waals surface area contributed by atoms with Gasteiger partial charge in [0.05, 0.1) is 5.71 Å². The molecule has 0 bridgehead atoms. The molecule has 1 aliphatic rings. The highest BCUT2D eigenvalue weighted by molar-refractivity contribution is 6.01. The van der Waals surface area contributed by atoms with Crippen molar-refractivity contribution in [2.45, 2.75) is 45.1 Å². The molecule has 1 heterocycles. The average Bonchev–Trinajstić information content (AvgIpc) is 2.98. The molecule has 0 radical (unpaired) electrons. The van der Waals surface area contributed by atoms with Crippen molar-refractivity contribution in [2.75, 3.05) is 0 Å². The van der Waals surface area contributed by atoms with Crippen LogP contribution in [0, 0.1) is 11.8 Å². The Hall–Kier alpha value is -2.53. The van der Waals surface area contributed by atoms with Crippen LogP contribution in [0.4, 0.5) is 0 Å². The minimum Gasteiger partial charge on any atom is -0.388 e. The molecule has 0 aliphatic carbocycles. The summed E-state index contributed by atoms with van der Waals surface area (Å²) in [5.41, 5.74) is 4.20. The van der Waals surface area contributed by atoms with Crippen LogP contribution in [0.3, 0.4) is 0 Å². The normalized spacial score (nSPS) is 19.2. The average molecular weight is 317 g/mol. The van der Waals surface area contributed by atoms with Crippen LogP contribution in [0.5, 0.6) is 0 Å². The van der Waals surface area contributed by atoms with Gasteiger partial charge in [-0.3, -0.25) is 0 Å². The number of unbranched alkanes of at least 4 members (excludes halogenated alkanes) is 1. The topological polar surface area (TPSA) is 21.6 Å². The Morgan fingerprint density at radius 3 is 2.54 bits per heavy atom. The van der Waals surface area contributed by atoms with Crippen LogP contribution in [0.1, 0.15) is 49.8 Å². The predicted molar refractivity (Wildman–Crippen MR) is 99.0 cm³/mol. The summed E-state index contributed by atoms with van der Waals surface area (Å²) in [7, 11) is 0. The van der Waals surface area contributed by atoms with E-state index in [1.807, 2.05) is 6.07 Å². The summed E-state index contributed by atoms with van der Waals surface area (Å²) in [6.45, 7) is 4.27. The van der Waals surface area contributed by atoms with Crippen LogP contribution in [-0.4, -0.2) is 11.3 Å².